The minimum atomic E-state index is -0.718. The number of aromatic amines is 1. The zero-order chi connectivity index (χ0) is 16.9. The molecule has 2 aromatic carbocycles. The Labute approximate surface area is 141 Å². The molecule has 0 saturated carbocycles. The van der Waals surface area contributed by atoms with Gasteiger partial charge in [0.2, 0.25) is 0 Å². The minimum absolute atomic E-state index is 0.252. The van der Waals surface area contributed by atoms with E-state index < -0.39 is 5.97 Å². The van der Waals surface area contributed by atoms with Crippen molar-refractivity contribution in [2.24, 2.45) is 5.92 Å². The van der Waals surface area contributed by atoms with Gasteiger partial charge in [-0.3, -0.25) is 4.79 Å². The summed E-state index contributed by atoms with van der Waals surface area (Å²) in [7, 11) is 0. The molecule has 0 aliphatic rings. The molecule has 0 saturated heterocycles. The maximum absolute atomic E-state index is 10.5. The zero-order valence-corrected chi connectivity index (χ0v) is 13.9. The normalized spacial score (nSPS) is 12.5. The summed E-state index contributed by atoms with van der Waals surface area (Å²) in [5, 5.41) is 11.1. The third-order valence-electron chi connectivity index (χ3n) is 4.44. The molecule has 0 aliphatic carbocycles. The Morgan fingerprint density at radius 1 is 1.12 bits per heavy atom. The highest BCUT2D eigenvalue weighted by Gasteiger charge is 2.07. The summed E-state index contributed by atoms with van der Waals surface area (Å²) in [4.78, 5) is 13.9. The molecular formula is C20H23NO3. The average Bonchev–Trinajstić information content (AvgIpc) is 2.92. The van der Waals surface area contributed by atoms with E-state index >= 15 is 0 Å². The van der Waals surface area contributed by atoms with E-state index in [1.54, 1.807) is 0 Å². The fourth-order valence-electron chi connectivity index (χ4n) is 3.05. The number of carboxylic acid groups (broad SMARTS) is 1. The van der Waals surface area contributed by atoms with Gasteiger partial charge in [0.1, 0.15) is 5.75 Å². The van der Waals surface area contributed by atoms with Crippen molar-refractivity contribution in [3.63, 3.8) is 0 Å². The number of para-hydroxylation sites is 1. The van der Waals surface area contributed by atoms with Gasteiger partial charge in [0.15, 0.2) is 0 Å². The predicted octanol–water partition coefficient (Wildman–Crippen LogP) is 4.98. The number of rotatable bonds is 8. The maximum Gasteiger partial charge on any atom is 0.303 e. The molecule has 0 spiro atoms. The van der Waals surface area contributed by atoms with E-state index in [9.17, 15) is 4.79 Å². The first kappa shape index (κ1) is 16.4. The number of benzene rings is 2. The maximum atomic E-state index is 10.5. The van der Waals surface area contributed by atoms with Gasteiger partial charge in [0.05, 0.1) is 12.1 Å². The number of H-pyrrole nitrogens is 1. The van der Waals surface area contributed by atoms with Crippen molar-refractivity contribution >= 4 is 27.8 Å². The van der Waals surface area contributed by atoms with Crippen LogP contribution in [0, 0.1) is 5.92 Å². The second-order valence-corrected chi connectivity index (χ2v) is 6.41. The first-order chi connectivity index (χ1) is 11.6. The molecule has 0 amide bonds. The van der Waals surface area contributed by atoms with Crippen molar-refractivity contribution in [2.45, 2.75) is 32.6 Å². The van der Waals surface area contributed by atoms with E-state index in [4.69, 9.17) is 9.84 Å². The second kappa shape index (κ2) is 7.39. The molecule has 1 atom stereocenters. The number of aromatic nitrogens is 1. The summed E-state index contributed by atoms with van der Waals surface area (Å²) in [6.45, 7) is 2.80. The molecule has 0 aliphatic heterocycles. The highest BCUT2D eigenvalue weighted by Crippen LogP contribution is 2.28. The molecule has 0 radical (unpaired) electrons. The van der Waals surface area contributed by atoms with E-state index in [0.29, 0.717) is 12.5 Å². The van der Waals surface area contributed by atoms with Crippen LogP contribution >= 0.6 is 0 Å². The van der Waals surface area contributed by atoms with Crippen LogP contribution in [0.1, 0.15) is 32.6 Å². The quantitative estimate of drug-likeness (QED) is 0.614. The fraction of sp³-hybridized carbons (Fsp3) is 0.350. The van der Waals surface area contributed by atoms with Gasteiger partial charge in [0, 0.05) is 28.8 Å². The van der Waals surface area contributed by atoms with Crippen LogP contribution < -0.4 is 4.74 Å². The molecule has 0 fully saturated rings. The number of carboxylic acids is 1. The van der Waals surface area contributed by atoms with Crippen LogP contribution in [0.2, 0.25) is 0 Å². The van der Waals surface area contributed by atoms with Crippen molar-refractivity contribution in [2.75, 3.05) is 6.61 Å². The smallest absolute Gasteiger partial charge is 0.303 e. The van der Waals surface area contributed by atoms with E-state index in [0.717, 1.165) is 36.0 Å². The minimum Gasteiger partial charge on any atom is -0.494 e. The molecule has 24 heavy (non-hydrogen) atoms. The Bertz CT molecular complexity index is 837. The molecular weight excluding hydrogens is 302 g/mol. The molecule has 1 heterocycles. The van der Waals surface area contributed by atoms with Crippen LogP contribution in [0.3, 0.4) is 0 Å². The standard InChI is InChI=1S/C20H23NO3/c1-14(5-4-8-20(22)23)11-12-24-15-9-10-17-16-6-2-3-7-18(16)21-19(17)13-15/h2-3,6-7,9-10,13-14,21H,4-5,8,11-12H2,1H3,(H,22,23). The van der Waals surface area contributed by atoms with Gasteiger partial charge in [-0.2, -0.15) is 0 Å². The summed E-state index contributed by atoms with van der Waals surface area (Å²) in [6.07, 6.45) is 2.85. The lowest BCUT2D eigenvalue weighted by Gasteiger charge is -2.11. The number of hydrogen-bond acceptors (Lipinski definition) is 2. The molecule has 126 valence electrons. The van der Waals surface area contributed by atoms with E-state index in [1.807, 2.05) is 24.3 Å². The summed E-state index contributed by atoms with van der Waals surface area (Å²) < 4.78 is 5.87. The van der Waals surface area contributed by atoms with E-state index in [1.165, 1.54) is 10.8 Å². The summed E-state index contributed by atoms with van der Waals surface area (Å²) in [5.41, 5.74) is 2.22. The van der Waals surface area contributed by atoms with Crippen LogP contribution in [0.5, 0.6) is 5.75 Å². The molecule has 2 N–H and O–H groups in total. The largest absolute Gasteiger partial charge is 0.494 e. The molecule has 4 heteroatoms. The van der Waals surface area contributed by atoms with Crippen molar-refractivity contribution < 1.29 is 14.6 Å². The lowest BCUT2D eigenvalue weighted by Crippen LogP contribution is -2.05. The third kappa shape index (κ3) is 3.88. The monoisotopic (exact) mass is 325 g/mol. The van der Waals surface area contributed by atoms with Gasteiger partial charge >= 0.3 is 5.97 Å². The number of fused-ring (bicyclic) bond motifs is 3. The second-order valence-electron chi connectivity index (χ2n) is 6.41. The lowest BCUT2D eigenvalue weighted by molar-refractivity contribution is -0.137. The van der Waals surface area contributed by atoms with Gasteiger partial charge in [-0.05, 0) is 37.0 Å². The van der Waals surface area contributed by atoms with Crippen molar-refractivity contribution in [1.82, 2.24) is 4.98 Å². The molecule has 3 rings (SSSR count). The first-order valence-corrected chi connectivity index (χ1v) is 8.48. The van der Waals surface area contributed by atoms with E-state index in [-0.39, 0.29) is 6.42 Å². The van der Waals surface area contributed by atoms with Gasteiger partial charge < -0.3 is 14.8 Å². The van der Waals surface area contributed by atoms with Gasteiger partial charge in [0.25, 0.3) is 0 Å². The van der Waals surface area contributed by atoms with Crippen molar-refractivity contribution in [1.29, 1.82) is 0 Å². The number of nitrogens with one attached hydrogen (secondary N) is 1. The Hall–Kier alpha value is -2.49. The van der Waals surface area contributed by atoms with Gasteiger partial charge in [-0.15, -0.1) is 0 Å². The van der Waals surface area contributed by atoms with Crippen LogP contribution in [0.4, 0.5) is 0 Å². The topological polar surface area (TPSA) is 62.3 Å². The first-order valence-electron chi connectivity index (χ1n) is 8.48. The Kier molecular flexibility index (Phi) is 5.04. The van der Waals surface area contributed by atoms with Crippen molar-refractivity contribution in [3.05, 3.63) is 42.5 Å². The lowest BCUT2D eigenvalue weighted by atomic mass is 10.0. The molecule has 1 unspecified atom stereocenters. The number of carbonyl (C=O) groups is 1. The highest BCUT2D eigenvalue weighted by atomic mass is 16.5. The SMILES string of the molecule is CC(CCCC(=O)O)CCOc1ccc2c(c1)[nH]c1ccccc12. The van der Waals surface area contributed by atoms with E-state index in [2.05, 4.69) is 30.1 Å². The summed E-state index contributed by atoms with van der Waals surface area (Å²) in [5.74, 6) is 0.623. The van der Waals surface area contributed by atoms with Gasteiger partial charge in [-0.25, -0.2) is 0 Å². The van der Waals surface area contributed by atoms with Gasteiger partial charge in [-0.1, -0.05) is 31.5 Å². The van der Waals surface area contributed by atoms with Crippen LogP contribution in [-0.4, -0.2) is 22.7 Å². The molecule has 4 nitrogen and oxygen atoms in total. The average molecular weight is 325 g/mol. The third-order valence-corrected chi connectivity index (χ3v) is 4.44. The molecule has 3 aromatic rings. The van der Waals surface area contributed by atoms with Crippen LogP contribution in [-0.2, 0) is 4.79 Å². The summed E-state index contributed by atoms with van der Waals surface area (Å²) >= 11 is 0. The zero-order valence-electron chi connectivity index (χ0n) is 13.9. The summed E-state index contributed by atoms with van der Waals surface area (Å²) in [6, 6.07) is 14.4. The highest BCUT2D eigenvalue weighted by molar-refractivity contribution is 6.07. The predicted molar refractivity (Wildman–Crippen MR) is 96.6 cm³/mol. The molecule has 0 bridgehead atoms. The number of aliphatic carboxylic acids is 1. The Morgan fingerprint density at radius 3 is 2.75 bits per heavy atom. The van der Waals surface area contributed by atoms with Crippen LogP contribution in [0.15, 0.2) is 42.5 Å². The fourth-order valence-corrected chi connectivity index (χ4v) is 3.05. The molecule has 1 aromatic heterocycles. The Morgan fingerprint density at radius 2 is 1.92 bits per heavy atom. The number of ether oxygens (including phenoxy) is 1. The van der Waals surface area contributed by atoms with Crippen molar-refractivity contribution in [3.8, 4) is 5.75 Å². The Balaban J connectivity index is 1.56. The number of hydrogen-bond donors (Lipinski definition) is 2. The van der Waals surface area contributed by atoms with Crippen LogP contribution in [0.25, 0.3) is 21.8 Å².